The number of nitrogens with zero attached hydrogens (tertiary/aromatic N) is 1. The van der Waals surface area contributed by atoms with E-state index in [-0.39, 0.29) is 23.3 Å². The number of hydrogen-bond donors (Lipinski definition) is 2. The summed E-state index contributed by atoms with van der Waals surface area (Å²) >= 11 is 0. The Balaban J connectivity index is 1.61. The SMILES string of the molecule is CC(CNC(=O)C1(N)C2CCCOC2C1(C)C)N(C)C1CC1. The Morgan fingerprint density at radius 2 is 2.09 bits per heavy atom. The standard InChI is InChI=1S/C17H31N3O2/c1-11(20(4)12-7-8-12)10-19-15(21)17(18)13-6-5-9-22-14(13)16(17,2)3/h11-14H,5-10,18H2,1-4H3,(H,19,21). The van der Waals surface area contributed by atoms with Crippen molar-refractivity contribution in [2.45, 2.75) is 70.2 Å². The molecule has 4 unspecified atom stereocenters. The first-order valence-electron chi connectivity index (χ1n) is 8.71. The van der Waals surface area contributed by atoms with Gasteiger partial charge >= 0.3 is 0 Å². The maximum atomic E-state index is 12.8. The minimum Gasteiger partial charge on any atom is -0.377 e. The molecule has 3 rings (SSSR count). The van der Waals surface area contributed by atoms with Crippen LogP contribution in [0.25, 0.3) is 0 Å². The molecule has 0 aromatic rings. The zero-order valence-electron chi connectivity index (χ0n) is 14.4. The van der Waals surface area contributed by atoms with Crippen molar-refractivity contribution in [3.63, 3.8) is 0 Å². The van der Waals surface area contributed by atoms with Crippen LogP contribution in [0, 0.1) is 11.3 Å². The van der Waals surface area contributed by atoms with E-state index in [1.54, 1.807) is 0 Å². The van der Waals surface area contributed by atoms with E-state index in [4.69, 9.17) is 10.5 Å². The molecule has 22 heavy (non-hydrogen) atoms. The van der Waals surface area contributed by atoms with Crippen LogP contribution >= 0.6 is 0 Å². The third-order valence-corrected chi connectivity index (χ3v) is 6.44. The predicted octanol–water partition coefficient (Wildman–Crippen LogP) is 1.12. The van der Waals surface area contributed by atoms with Crippen LogP contribution in [-0.4, -0.2) is 54.7 Å². The van der Waals surface area contributed by atoms with Crippen molar-refractivity contribution < 1.29 is 9.53 Å². The Morgan fingerprint density at radius 1 is 1.41 bits per heavy atom. The molecule has 3 N–H and O–H groups in total. The van der Waals surface area contributed by atoms with Crippen LogP contribution in [0.5, 0.6) is 0 Å². The zero-order valence-corrected chi connectivity index (χ0v) is 14.4. The molecule has 0 aromatic heterocycles. The summed E-state index contributed by atoms with van der Waals surface area (Å²) in [7, 11) is 2.14. The average molecular weight is 309 g/mol. The Bertz CT molecular complexity index is 449. The normalized spacial score (nSPS) is 38.1. The zero-order chi connectivity index (χ0) is 16.1. The molecule has 0 spiro atoms. The minimum atomic E-state index is -0.796. The highest BCUT2D eigenvalue weighted by Gasteiger charge is 2.70. The number of likely N-dealkylation sites (N-methyl/N-ethyl adjacent to an activating group) is 1. The lowest BCUT2D eigenvalue weighted by Crippen LogP contribution is -2.82. The third kappa shape index (κ3) is 2.29. The molecular formula is C17H31N3O2. The van der Waals surface area contributed by atoms with Crippen LogP contribution in [0.15, 0.2) is 0 Å². The molecule has 0 aromatic carbocycles. The fraction of sp³-hybridized carbons (Fsp3) is 0.941. The van der Waals surface area contributed by atoms with E-state index in [1.807, 2.05) is 0 Å². The van der Waals surface area contributed by atoms with Crippen LogP contribution in [0.2, 0.25) is 0 Å². The van der Waals surface area contributed by atoms with E-state index < -0.39 is 5.54 Å². The van der Waals surface area contributed by atoms with Gasteiger partial charge in [0.2, 0.25) is 5.91 Å². The Morgan fingerprint density at radius 3 is 2.73 bits per heavy atom. The smallest absolute Gasteiger partial charge is 0.241 e. The number of hydrogen-bond acceptors (Lipinski definition) is 4. The second-order valence-electron chi connectivity index (χ2n) is 8.09. The number of amides is 1. The highest BCUT2D eigenvalue weighted by atomic mass is 16.5. The number of carbonyl (C=O) groups excluding carboxylic acids is 1. The highest BCUT2D eigenvalue weighted by Crippen LogP contribution is 2.57. The quantitative estimate of drug-likeness (QED) is 0.798. The maximum absolute atomic E-state index is 12.8. The number of fused-ring (bicyclic) bond motifs is 1. The van der Waals surface area contributed by atoms with Crippen LogP contribution in [-0.2, 0) is 9.53 Å². The monoisotopic (exact) mass is 309 g/mol. The summed E-state index contributed by atoms with van der Waals surface area (Å²) in [6.45, 7) is 7.77. The molecule has 126 valence electrons. The van der Waals surface area contributed by atoms with Crippen molar-refractivity contribution in [2.75, 3.05) is 20.2 Å². The molecule has 0 radical (unpaired) electrons. The van der Waals surface area contributed by atoms with Crippen LogP contribution in [0.3, 0.4) is 0 Å². The lowest BCUT2D eigenvalue weighted by atomic mass is 9.46. The number of nitrogens with one attached hydrogen (secondary N) is 1. The summed E-state index contributed by atoms with van der Waals surface area (Å²) in [4.78, 5) is 15.2. The van der Waals surface area contributed by atoms with Crippen LogP contribution < -0.4 is 11.1 Å². The summed E-state index contributed by atoms with van der Waals surface area (Å²) in [6.07, 6.45) is 4.69. The molecule has 1 heterocycles. The van der Waals surface area contributed by atoms with Gasteiger partial charge in [0, 0.05) is 36.6 Å². The number of carbonyl (C=O) groups is 1. The van der Waals surface area contributed by atoms with Gasteiger partial charge in [0.05, 0.1) is 6.10 Å². The Labute approximate surface area is 133 Å². The van der Waals surface area contributed by atoms with E-state index in [0.717, 1.165) is 19.4 Å². The third-order valence-electron chi connectivity index (χ3n) is 6.44. The number of ether oxygens (including phenoxy) is 1. The topological polar surface area (TPSA) is 67.6 Å². The van der Waals surface area contributed by atoms with Gasteiger partial charge in [-0.15, -0.1) is 0 Å². The molecule has 3 fully saturated rings. The average Bonchev–Trinajstić information content (AvgIpc) is 3.35. The van der Waals surface area contributed by atoms with Gasteiger partial charge in [-0.1, -0.05) is 13.8 Å². The first kappa shape index (κ1) is 16.2. The number of nitrogens with two attached hydrogens (primary N) is 1. The fourth-order valence-electron chi connectivity index (χ4n) is 4.41. The van der Waals surface area contributed by atoms with E-state index in [1.165, 1.54) is 12.8 Å². The van der Waals surface area contributed by atoms with Gasteiger partial charge < -0.3 is 15.8 Å². The summed E-state index contributed by atoms with van der Waals surface area (Å²) in [6, 6.07) is 1.05. The summed E-state index contributed by atoms with van der Waals surface area (Å²) in [5.41, 5.74) is 5.51. The Kier molecular flexibility index (Phi) is 4.03. The molecule has 1 amide bonds. The first-order chi connectivity index (χ1) is 10.3. The maximum Gasteiger partial charge on any atom is 0.241 e. The Hall–Kier alpha value is -0.650. The number of rotatable bonds is 5. The van der Waals surface area contributed by atoms with Crippen molar-refractivity contribution in [3.8, 4) is 0 Å². The van der Waals surface area contributed by atoms with E-state index >= 15 is 0 Å². The van der Waals surface area contributed by atoms with Crippen molar-refractivity contribution in [3.05, 3.63) is 0 Å². The molecule has 2 aliphatic carbocycles. The largest absolute Gasteiger partial charge is 0.377 e. The van der Waals surface area contributed by atoms with Gasteiger partial charge in [-0.3, -0.25) is 9.69 Å². The molecule has 2 saturated carbocycles. The van der Waals surface area contributed by atoms with Gasteiger partial charge in [0.1, 0.15) is 5.54 Å². The molecule has 5 nitrogen and oxygen atoms in total. The molecule has 3 aliphatic rings. The molecule has 4 atom stereocenters. The molecule has 5 heteroatoms. The van der Waals surface area contributed by atoms with E-state index in [2.05, 4.69) is 38.0 Å². The van der Waals surface area contributed by atoms with E-state index in [0.29, 0.717) is 18.6 Å². The highest BCUT2D eigenvalue weighted by molar-refractivity contribution is 5.89. The predicted molar refractivity (Wildman–Crippen MR) is 86.4 cm³/mol. The fourth-order valence-corrected chi connectivity index (χ4v) is 4.41. The van der Waals surface area contributed by atoms with Crippen molar-refractivity contribution >= 4 is 5.91 Å². The first-order valence-corrected chi connectivity index (χ1v) is 8.71. The van der Waals surface area contributed by atoms with Crippen molar-refractivity contribution in [1.82, 2.24) is 10.2 Å². The lowest BCUT2D eigenvalue weighted by molar-refractivity contribution is -0.225. The second-order valence-corrected chi connectivity index (χ2v) is 8.09. The summed E-state index contributed by atoms with van der Waals surface area (Å²) in [5, 5.41) is 3.12. The van der Waals surface area contributed by atoms with Crippen molar-refractivity contribution in [2.24, 2.45) is 17.1 Å². The summed E-state index contributed by atoms with van der Waals surface area (Å²) < 4.78 is 5.87. The molecule has 1 aliphatic heterocycles. The minimum absolute atomic E-state index is 0.000275. The van der Waals surface area contributed by atoms with Gasteiger partial charge in [-0.05, 0) is 39.7 Å². The van der Waals surface area contributed by atoms with E-state index in [9.17, 15) is 4.79 Å². The van der Waals surface area contributed by atoms with Gasteiger partial charge in [0.15, 0.2) is 0 Å². The second kappa shape index (κ2) is 5.46. The van der Waals surface area contributed by atoms with Crippen LogP contribution in [0.1, 0.15) is 46.5 Å². The molecule has 0 bridgehead atoms. The molecule has 1 saturated heterocycles. The van der Waals surface area contributed by atoms with Crippen molar-refractivity contribution in [1.29, 1.82) is 0 Å². The summed E-state index contributed by atoms with van der Waals surface area (Å²) in [5.74, 6) is 0.160. The van der Waals surface area contributed by atoms with Gasteiger partial charge in [-0.2, -0.15) is 0 Å². The lowest BCUT2D eigenvalue weighted by Gasteiger charge is -2.65. The van der Waals surface area contributed by atoms with Crippen LogP contribution in [0.4, 0.5) is 0 Å². The molecular weight excluding hydrogens is 278 g/mol. The van der Waals surface area contributed by atoms with Gasteiger partial charge in [0.25, 0.3) is 0 Å². The van der Waals surface area contributed by atoms with Gasteiger partial charge in [-0.25, -0.2) is 0 Å².